The van der Waals surface area contributed by atoms with Gasteiger partial charge in [-0.1, -0.05) is 52.8 Å². The Hall–Kier alpha value is -2.00. The van der Waals surface area contributed by atoms with E-state index in [2.05, 4.69) is 86.6 Å². The van der Waals surface area contributed by atoms with Gasteiger partial charge in [-0.05, 0) is 40.3 Å². The molecule has 2 aromatic rings. The number of fused-ring (bicyclic) bond motifs is 2. The van der Waals surface area contributed by atoms with Gasteiger partial charge in [0.05, 0.1) is 0 Å². The molecule has 0 spiro atoms. The second-order valence-electron chi connectivity index (χ2n) is 9.23. The number of nitrogens with zero attached hydrogens (tertiary/aromatic N) is 1. The van der Waals surface area contributed by atoms with Gasteiger partial charge in [0.25, 0.3) is 0 Å². The summed E-state index contributed by atoms with van der Waals surface area (Å²) in [4.78, 5) is 2.48. The van der Waals surface area contributed by atoms with E-state index in [1.807, 2.05) is 0 Å². The number of hydrogen-bond donors (Lipinski definition) is 2. The Morgan fingerprint density at radius 3 is 2.31 bits per heavy atom. The maximum Gasteiger partial charge on any atom is 0.0446 e. The van der Waals surface area contributed by atoms with Gasteiger partial charge in [-0.3, -0.25) is 0 Å². The normalized spacial score (nSPS) is 18.7. The van der Waals surface area contributed by atoms with Crippen molar-refractivity contribution >= 4 is 17.1 Å². The fraction of sp³-hybridized carbons (Fsp3) is 0.478. The van der Waals surface area contributed by atoms with Crippen LogP contribution in [-0.2, 0) is 10.8 Å². The summed E-state index contributed by atoms with van der Waals surface area (Å²) in [5.74, 6) is 0. The van der Waals surface area contributed by atoms with E-state index in [0.717, 1.165) is 26.2 Å². The molecule has 2 aliphatic heterocycles. The molecule has 138 valence electrons. The Labute approximate surface area is 157 Å². The topological polar surface area (TPSA) is 27.3 Å². The molecule has 2 aliphatic rings. The molecule has 1 fully saturated rings. The molecule has 2 heterocycles. The average molecular weight is 350 g/mol. The lowest BCUT2D eigenvalue weighted by Gasteiger charge is -2.38. The van der Waals surface area contributed by atoms with Gasteiger partial charge in [0.2, 0.25) is 0 Å². The fourth-order valence-electron chi connectivity index (χ4n) is 4.23. The van der Waals surface area contributed by atoms with Crippen molar-refractivity contribution < 1.29 is 0 Å². The van der Waals surface area contributed by atoms with E-state index >= 15 is 0 Å². The first kappa shape index (κ1) is 17.4. The van der Waals surface area contributed by atoms with Crippen LogP contribution in [0.5, 0.6) is 0 Å². The third-order valence-electron chi connectivity index (χ3n) is 5.99. The van der Waals surface area contributed by atoms with Crippen molar-refractivity contribution in [1.29, 1.82) is 0 Å². The molecule has 2 N–H and O–H groups in total. The van der Waals surface area contributed by atoms with Crippen LogP contribution in [0, 0.1) is 0 Å². The monoisotopic (exact) mass is 349 g/mol. The zero-order valence-electron chi connectivity index (χ0n) is 16.7. The molecule has 0 amide bonds. The number of anilines is 3. The second kappa shape index (κ2) is 6.02. The second-order valence-corrected chi connectivity index (χ2v) is 9.23. The van der Waals surface area contributed by atoms with Gasteiger partial charge in [-0.15, -0.1) is 0 Å². The van der Waals surface area contributed by atoms with Crippen molar-refractivity contribution in [3.8, 4) is 0 Å². The smallest absolute Gasteiger partial charge is 0.0446 e. The summed E-state index contributed by atoms with van der Waals surface area (Å²) in [6.45, 7) is 15.8. The molecule has 0 radical (unpaired) electrons. The van der Waals surface area contributed by atoms with Gasteiger partial charge in [-0.2, -0.15) is 0 Å². The minimum atomic E-state index is -0.000833. The largest absolute Gasteiger partial charge is 0.369 e. The minimum Gasteiger partial charge on any atom is -0.369 e. The van der Waals surface area contributed by atoms with Crippen LogP contribution >= 0.6 is 0 Å². The maximum atomic E-state index is 3.71. The first-order chi connectivity index (χ1) is 12.3. The highest BCUT2D eigenvalue weighted by Gasteiger charge is 2.34. The SMILES string of the molecule is CC(C)(C)c1ccc2c(c1)C(C)(C)c1ccc(N3CCNCC3)cc1N2. The van der Waals surface area contributed by atoms with Crippen LogP contribution in [-0.4, -0.2) is 26.2 Å². The summed E-state index contributed by atoms with van der Waals surface area (Å²) in [6, 6.07) is 13.9. The lowest BCUT2D eigenvalue weighted by molar-refractivity contribution is 0.581. The standard InChI is InChI=1S/C23H31N3/c1-22(2,3)16-6-9-20-19(14-16)23(4,5)18-8-7-17(15-21(18)25-20)26-12-10-24-11-13-26/h6-9,14-15,24-25H,10-13H2,1-5H3. The van der Waals surface area contributed by atoms with E-state index < -0.39 is 0 Å². The minimum absolute atomic E-state index is 0.000833. The predicted molar refractivity (Wildman–Crippen MR) is 112 cm³/mol. The summed E-state index contributed by atoms with van der Waals surface area (Å²) in [5, 5.41) is 7.14. The molecule has 1 saturated heterocycles. The molecule has 0 aromatic heterocycles. The number of rotatable bonds is 1. The predicted octanol–water partition coefficient (Wildman–Crippen LogP) is 4.78. The molecular formula is C23H31N3. The molecule has 0 bridgehead atoms. The van der Waals surface area contributed by atoms with Crippen LogP contribution in [0.3, 0.4) is 0 Å². The number of nitrogens with one attached hydrogen (secondary N) is 2. The van der Waals surface area contributed by atoms with Crippen molar-refractivity contribution in [2.75, 3.05) is 36.4 Å². The van der Waals surface area contributed by atoms with Gasteiger partial charge in [0, 0.05) is 48.7 Å². The molecule has 0 saturated carbocycles. The van der Waals surface area contributed by atoms with Crippen LogP contribution in [0.25, 0.3) is 0 Å². The van der Waals surface area contributed by atoms with Crippen LogP contribution in [0.4, 0.5) is 17.1 Å². The Morgan fingerprint density at radius 2 is 1.62 bits per heavy atom. The number of benzene rings is 2. The van der Waals surface area contributed by atoms with Crippen molar-refractivity contribution in [3.05, 3.63) is 53.1 Å². The highest BCUT2D eigenvalue weighted by atomic mass is 15.2. The van der Waals surface area contributed by atoms with Crippen LogP contribution in [0.2, 0.25) is 0 Å². The first-order valence-electron chi connectivity index (χ1n) is 9.79. The zero-order valence-corrected chi connectivity index (χ0v) is 16.7. The number of piperazine rings is 1. The Bertz CT molecular complexity index is 824. The highest BCUT2D eigenvalue weighted by molar-refractivity contribution is 5.78. The molecule has 0 atom stereocenters. The summed E-state index contributed by atoms with van der Waals surface area (Å²) in [6.07, 6.45) is 0. The first-order valence-corrected chi connectivity index (χ1v) is 9.79. The van der Waals surface area contributed by atoms with E-state index in [1.54, 1.807) is 0 Å². The highest BCUT2D eigenvalue weighted by Crippen LogP contribution is 2.47. The molecule has 4 rings (SSSR count). The Kier molecular flexibility index (Phi) is 4.03. The van der Waals surface area contributed by atoms with Crippen molar-refractivity contribution in [1.82, 2.24) is 5.32 Å². The summed E-state index contributed by atoms with van der Waals surface area (Å²) in [7, 11) is 0. The Balaban J connectivity index is 1.75. The van der Waals surface area contributed by atoms with E-state index in [1.165, 1.54) is 33.8 Å². The van der Waals surface area contributed by atoms with E-state index in [0.29, 0.717) is 0 Å². The molecule has 0 aliphatic carbocycles. The molecule has 26 heavy (non-hydrogen) atoms. The molecule has 3 nitrogen and oxygen atoms in total. The lowest BCUT2D eigenvalue weighted by atomic mass is 9.72. The van der Waals surface area contributed by atoms with Crippen LogP contribution in [0.15, 0.2) is 36.4 Å². The lowest BCUT2D eigenvalue weighted by Crippen LogP contribution is -2.43. The zero-order chi connectivity index (χ0) is 18.5. The summed E-state index contributed by atoms with van der Waals surface area (Å²) >= 11 is 0. The van der Waals surface area contributed by atoms with Gasteiger partial charge < -0.3 is 15.5 Å². The summed E-state index contributed by atoms with van der Waals surface area (Å²) in [5.41, 5.74) is 8.16. The molecule has 0 unspecified atom stereocenters. The molecule has 2 aromatic carbocycles. The van der Waals surface area contributed by atoms with Gasteiger partial charge in [0.15, 0.2) is 0 Å². The van der Waals surface area contributed by atoms with E-state index in [-0.39, 0.29) is 10.8 Å². The summed E-state index contributed by atoms with van der Waals surface area (Å²) < 4.78 is 0. The van der Waals surface area contributed by atoms with Gasteiger partial charge in [-0.25, -0.2) is 0 Å². The fourth-order valence-corrected chi connectivity index (χ4v) is 4.23. The Morgan fingerprint density at radius 1 is 0.885 bits per heavy atom. The number of hydrogen-bond acceptors (Lipinski definition) is 3. The van der Waals surface area contributed by atoms with Crippen LogP contribution in [0.1, 0.15) is 51.3 Å². The van der Waals surface area contributed by atoms with Gasteiger partial charge >= 0.3 is 0 Å². The van der Waals surface area contributed by atoms with E-state index in [4.69, 9.17) is 0 Å². The third kappa shape index (κ3) is 2.88. The quantitative estimate of drug-likeness (QED) is 0.776. The van der Waals surface area contributed by atoms with Crippen molar-refractivity contribution in [3.63, 3.8) is 0 Å². The maximum absolute atomic E-state index is 3.71. The van der Waals surface area contributed by atoms with Crippen molar-refractivity contribution in [2.45, 2.75) is 45.4 Å². The van der Waals surface area contributed by atoms with E-state index in [9.17, 15) is 0 Å². The van der Waals surface area contributed by atoms with Crippen molar-refractivity contribution in [2.24, 2.45) is 0 Å². The average Bonchev–Trinajstić information content (AvgIpc) is 2.61. The van der Waals surface area contributed by atoms with Crippen LogP contribution < -0.4 is 15.5 Å². The van der Waals surface area contributed by atoms with Gasteiger partial charge in [0.1, 0.15) is 0 Å². The molecule has 3 heteroatoms. The third-order valence-corrected chi connectivity index (χ3v) is 5.99. The molecular weight excluding hydrogens is 318 g/mol.